The molecule has 0 unspecified atom stereocenters. The van der Waals surface area contributed by atoms with Crippen molar-refractivity contribution >= 4 is 17.6 Å². The lowest BCUT2D eigenvalue weighted by Gasteiger charge is -2.10. The molecule has 25 heavy (non-hydrogen) atoms. The number of carboxylic acid groups (broad SMARTS) is 1. The fourth-order valence-electron chi connectivity index (χ4n) is 2.25. The van der Waals surface area contributed by atoms with E-state index in [-0.39, 0.29) is 11.5 Å². The first kappa shape index (κ1) is 18.5. The van der Waals surface area contributed by atoms with Crippen LogP contribution in [-0.4, -0.2) is 37.3 Å². The van der Waals surface area contributed by atoms with Gasteiger partial charge in [0, 0.05) is 31.4 Å². The molecule has 0 aliphatic heterocycles. The monoisotopic (exact) mass is 343 g/mol. The van der Waals surface area contributed by atoms with Crippen LogP contribution >= 0.6 is 0 Å². The highest BCUT2D eigenvalue weighted by atomic mass is 16.5. The number of rotatable bonds is 8. The average molecular weight is 343 g/mol. The van der Waals surface area contributed by atoms with Gasteiger partial charge in [-0.1, -0.05) is 12.1 Å². The van der Waals surface area contributed by atoms with Crippen molar-refractivity contribution in [1.29, 1.82) is 0 Å². The maximum Gasteiger partial charge on any atom is 0.336 e. The molecule has 0 spiro atoms. The molecular weight excluding hydrogens is 322 g/mol. The van der Waals surface area contributed by atoms with Crippen LogP contribution in [0.2, 0.25) is 0 Å². The van der Waals surface area contributed by atoms with Crippen LogP contribution in [-0.2, 0) is 4.74 Å². The van der Waals surface area contributed by atoms with E-state index < -0.39 is 5.97 Å². The molecule has 0 heterocycles. The summed E-state index contributed by atoms with van der Waals surface area (Å²) in [6.07, 6.45) is 0.758. The molecule has 0 aromatic heterocycles. The van der Waals surface area contributed by atoms with Gasteiger partial charge in [0.1, 0.15) is 5.75 Å². The summed E-state index contributed by atoms with van der Waals surface area (Å²) in [6, 6.07) is 11.6. The lowest BCUT2D eigenvalue weighted by atomic mass is 10.1. The molecule has 0 atom stereocenters. The van der Waals surface area contributed by atoms with Gasteiger partial charge < -0.3 is 19.9 Å². The first-order valence-corrected chi connectivity index (χ1v) is 7.88. The number of ether oxygens (including phenoxy) is 2. The van der Waals surface area contributed by atoms with Crippen LogP contribution < -0.4 is 10.1 Å². The molecular formula is C19H21NO5. The summed E-state index contributed by atoms with van der Waals surface area (Å²) < 4.78 is 10.5. The van der Waals surface area contributed by atoms with Crippen molar-refractivity contribution in [1.82, 2.24) is 0 Å². The van der Waals surface area contributed by atoms with Crippen molar-refractivity contribution in [2.45, 2.75) is 13.3 Å². The number of carbonyl (C=O) groups is 2. The third-order valence-electron chi connectivity index (χ3n) is 3.58. The van der Waals surface area contributed by atoms with Gasteiger partial charge >= 0.3 is 5.97 Å². The molecule has 6 heteroatoms. The van der Waals surface area contributed by atoms with Crippen LogP contribution in [0.3, 0.4) is 0 Å². The van der Waals surface area contributed by atoms with E-state index in [2.05, 4.69) is 5.32 Å². The van der Waals surface area contributed by atoms with Gasteiger partial charge in [0.05, 0.1) is 12.2 Å². The number of anilines is 1. The van der Waals surface area contributed by atoms with Gasteiger partial charge in [0.25, 0.3) is 5.91 Å². The Balaban J connectivity index is 2.06. The van der Waals surface area contributed by atoms with E-state index in [1.165, 1.54) is 6.07 Å². The quantitative estimate of drug-likeness (QED) is 0.718. The third kappa shape index (κ3) is 5.32. The van der Waals surface area contributed by atoms with E-state index >= 15 is 0 Å². The number of hydrogen-bond donors (Lipinski definition) is 2. The van der Waals surface area contributed by atoms with Crippen molar-refractivity contribution in [3.05, 3.63) is 59.2 Å². The number of aromatic carboxylic acids is 1. The third-order valence-corrected chi connectivity index (χ3v) is 3.58. The van der Waals surface area contributed by atoms with Gasteiger partial charge in [-0.05, 0) is 42.8 Å². The molecule has 1 amide bonds. The molecule has 132 valence electrons. The Kier molecular flexibility index (Phi) is 6.54. The van der Waals surface area contributed by atoms with Gasteiger partial charge in [0.2, 0.25) is 0 Å². The molecule has 0 bridgehead atoms. The Morgan fingerprint density at radius 2 is 1.92 bits per heavy atom. The van der Waals surface area contributed by atoms with Gasteiger partial charge in [-0.15, -0.1) is 0 Å². The lowest BCUT2D eigenvalue weighted by Crippen LogP contribution is -2.13. The summed E-state index contributed by atoms with van der Waals surface area (Å²) in [7, 11) is 1.63. The highest BCUT2D eigenvalue weighted by Crippen LogP contribution is 2.18. The first-order chi connectivity index (χ1) is 12.0. The maximum absolute atomic E-state index is 12.4. The summed E-state index contributed by atoms with van der Waals surface area (Å²) in [5, 5.41) is 11.9. The zero-order valence-corrected chi connectivity index (χ0v) is 14.2. The van der Waals surface area contributed by atoms with Crippen molar-refractivity contribution in [3.63, 3.8) is 0 Å². The number of methoxy groups -OCH3 is 1. The van der Waals surface area contributed by atoms with E-state index in [0.29, 0.717) is 35.8 Å². The number of amides is 1. The molecule has 2 N–H and O–H groups in total. The largest absolute Gasteiger partial charge is 0.493 e. The first-order valence-electron chi connectivity index (χ1n) is 7.88. The van der Waals surface area contributed by atoms with Crippen LogP contribution in [0.25, 0.3) is 0 Å². The predicted octanol–water partition coefficient (Wildman–Crippen LogP) is 3.36. The Labute approximate surface area is 146 Å². The fraction of sp³-hybridized carbons (Fsp3) is 0.263. The van der Waals surface area contributed by atoms with Gasteiger partial charge in [0.15, 0.2) is 0 Å². The Hall–Kier alpha value is -2.86. The molecule has 2 rings (SSSR count). The van der Waals surface area contributed by atoms with Crippen molar-refractivity contribution in [2.75, 3.05) is 25.6 Å². The van der Waals surface area contributed by atoms with Gasteiger partial charge in [-0.3, -0.25) is 4.79 Å². The van der Waals surface area contributed by atoms with Crippen LogP contribution in [0, 0.1) is 6.92 Å². The summed E-state index contributed by atoms with van der Waals surface area (Å²) >= 11 is 0. The fourth-order valence-corrected chi connectivity index (χ4v) is 2.25. The molecule has 0 radical (unpaired) electrons. The summed E-state index contributed by atoms with van der Waals surface area (Å²) in [5.41, 5.74) is 1.66. The predicted molar refractivity (Wildman–Crippen MR) is 94.5 cm³/mol. The SMILES string of the molecule is COCCCOc1cccc(C(=O)Nc2ccc(C)c(C(=O)O)c2)c1. The number of carbonyl (C=O) groups excluding carboxylic acids is 1. The minimum Gasteiger partial charge on any atom is -0.493 e. The van der Waals surface area contributed by atoms with E-state index in [1.54, 1.807) is 50.4 Å². The molecule has 0 fully saturated rings. The van der Waals surface area contributed by atoms with Crippen molar-refractivity contribution < 1.29 is 24.2 Å². The van der Waals surface area contributed by atoms with Crippen molar-refractivity contribution in [3.8, 4) is 5.75 Å². The second kappa shape index (κ2) is 8.84. The number of aryl methyl sites for hydroxylation is 1. The zero-order chi connectivity index (χ0) is 18.2. The molecule has 0 aliphatic rings. The molecule has 2 aromatic rings. The Morgan fingerprint density at radius 1 is 1.12 bits per heavy atom. The average Bonchev–Trinajstić information content (AvgIpc) is 2.60. The second-order valence-electron chi connectivity index (χ2n) is 5.51. The normalized spacial score (nSPS) is 10.3. The summed E-state index contributed by atoms with van der Waals surface area (Å²) in [6.45, 7) is 2.82. The van der Waals surface area contributed by atoms with Crippen LogP contribution in [0.4, 0.5) is 5.69 Å². The van der Waals surface area contributed by atoms with Crippen LogP contribution in [0.5, 0.6) is 5.75 Å². The smallest absolute Gasteiger partial charge is 0.336 e. The highest BCUT2D eigenvalue weighted by Gasteiger charge is 2.11. The minimum atomic E-state index is -1.03. The maximum atomic E-state index is 12.4. The molecule has 0 saturated carbocycles. The summed E-state index contributed by atoms with van der Waals surface area (Å²) in [4.78, 5) is 23.6. The molecule has 0 aliphatic carbocycles. The number of hydrogen-bond acceptors (Lipinski definition) is 4. The number of benzene rings is 2. The van der Waals surface area contributed by atoms with E-state index in [0.717, 1.165) is 6.42 Å². The van der Waals surface area contributed by atoms with Crippen LogP contribution in [0.1, 0.15) is 32.7 Å². The summed E-state index contributed by atoms with van der Waals surface area (Å²) in [5.74, 6) is -0.763. The molecule has 0 saturated heterocycles. The second-order valence-corrected chi connectivity index (χ2v) is 5.51. The standard InChI is InChI=1S/C19H21NO5/c1-13-7-8-15(12-17(13)19(22)23)20-18(21)14-5-3-6-16(11-14)25-10-4-9-24-2/h3,5-8,11-12H,4,9-10H2,1-2H3,(H,20,21)(H,22,23). The van der Waals surface area contributed by atoms with E-state index in [9.17, 15) is 9.59 Å². The molecule has 6 nitrogen and oxygen atoms in total. The van der Waals surface area contributed by atoms with Crippen molar-refractivity contribution in [2.24, 2.45) is 0 Å². The zero-order valence-electron chi connectivity index (χ0n) is 14.2. The molecule has 2 aromatic carbocycles. The van der Waals surface area contributed by atoms with Crippen LogP contribution in [0.15, 0.2) is 42.5 Å². The van der Waals surface area contributed by atoms with Gasteiger partial charge in [-0.2, -0.15) is 0 Å². The van der Waals surface area contributed by atoms with E-state index in [4.69, 9.17) is 14.6 Å². The Bertz CT molecular complexity index is 757. The highest BCUT2D eigenvalue weighted by molar-refractivity contribution is 6.05. The number of carboxylic acids is 1. The Morgan fingerprint density at radius 3 is 2.64 bits per heavy atom. The van der Waals surface area contributed by atoms with Gasteiger partial charge in [-0.25, -0.2) is 4.79 Å². The topological polar surface area (TPSA) is 84.9 Å². The van der Waals surface area contributed by atoms with E-state index in [1.807, 2.05) is 0 Å². The lowest BCUT2D eigenvalue weighted by molar-refractivity contribution is 0.0695. The minimum absolute atomic E-state index is 0.160. The number of nitrogens with one attached hydrogen (secondary N) is 1.